The molecule has 1 saturated heterocycles. The summed E-state index contributed by atoms with van der Waals surface area (Å²) in [6, 6.07) is 11.0. The molecule has 0 spiro atoms. The van der Waals surface area contributed by atoms with E-state index < -0.39 is 66.5 Å². The SMILES string of the molecule is COC(=O)C1OC(Oc2ccc(/C=C\c3cc(OC(C)=O)cc(OC(C)=O)c3)cc2)C(OC(C)=O)C(OC(C)=O)C1OC(C)=O. The fraction of sp³-hybridized carbons (Fsp3) is 0.355. The van der Waals surface area contributed by atoms with E-state index in [1.807, 2.05) is 0 Å². The van der Waals surface area contributed by atoms with Gasteiger partial charge in [-0.25, -0.2) is 4.79 Å². The number of methoxy groups -OCH3 is 1. The molecule has 1 aliphatic rings. The summed E-state index contributed by atoms with van der Waals surface area (Å²) in [6.07, 6.45) is -4.14. The molecule has 240 valence electrons. The number of rotatable bonds is 10. The number of hydrogen-bond acceptors (Lipinski definition) is 14. The molecule has 3 rings (SSSR count). The van der Waals surface area contributed by atoms with Crippen molar-refractivity contribution < 1.29 is 66.7 Å². The van der Waals surface area contributed by atoms with Gasteiger partial charge in [0, 0.05) is 40.7 Å². The Morgan fingerprint density at radius 2 is 1.09 bits per heavy atom. The largest absolute Gasteiger partial charge is 0.467 e. The van der Waals surface area contributed by atoms with Gasteiger partial charge in [0.05, 0.1) is 7.11 Å². The Morgan fingerprint density at radius 1 is 0.600 bits per heavy atom. The summed E-state index contributed by atoms with van der Waals surface area (Å²) in [5.74, 6) is -3.88. The quantitative estimate of drug-likeness (QED) is 0.162. The third-order valence-corrected chi connectivity index (χ3v) is 5.86. The number of hydrogen-bond donors (Lipinski definition) is 0. The Morgan fingerprint density at radius 3 is 1.58 bits per heavy atom. The first kappa shape index (κ1) is 34.3. The Balaban J connectivity index is 1.88. The van der Waals surface area contributed by atoms with Crippen LogP contribution in [-0.2, 0) is 52.5 Å². The van der Waals surface area contributed by atoms with E-state index >= 15 is 0 Å². The second-order valence-electron chi connectivity index (χ2n) is 9.62. The minimum absolute atomic E-state index is 0.188. The molecule has 0 saturated carbocycles. The van der Waals surface area contributed by atoms with Gasteiger partial charge in [-0.2, -0.15) is 0 Å². The molecule has 5 unspecified atom stereocenters. The Hall–Kier alpha value is -5.24. The molecule has 0 amide bonds. The number of esters is 6. The summed E-state index contributed by atoms with van der Waals surface area (Å²) in [5, 5.41) is 0. The van der Waals surface area contributed by atoms with Crippen molar-refractivity contribution in [2.75, 3.05) is 7.11 Å². The first-order chi connectivity index (χ1) is 21.2. The van der Waals surface area contributed by atoms with E-state index in [2.05, 4.69) is 0 Å². The lowest BCUT2D eigenvalue weighted by molar-refractivity contribution is -0.282. The maximum Gasteiger partial charge on any atom is 0.339 e. The fourth-order valence-corrected chi connectivity index (χ4v) is 4.30. The van der Waals surface area contributed by atoms with Crippen molar-refractivity contribution >= 4 is 48.0 Å². The van der Waals surface area contributed by atoms with E-state index in [0.29, 0.717) is 11.1 Å². The average molecular weight is 629 g/mol. The molecule has 0 aliphatic carbocycles. The predicted octanol–water partition coefficient (Wildman–Crippen LogP) is 2.78. The molecule has 1 heterocycles. The van der Waals surface area contributed by atoms with Gasteiger partial charge in [-0.05, 0) is 35.4 Å². The summed E-state index contributed by atoms with van der Waals surface area (Å²) in [4.78, 5) is 71.2. The highest BCUT2D eigenvalue weighted by atomic mass is 16.7. The molecule has 5 atom stereocenters. The number of carbonyl (C=O) groups excluding carboxylic acids is 6. The second kappa shape index (κ2) is 15.5. The summed E-state index contributed by atoms with van der Waals surface area (Å²) >= 11 is 0. The van der Waals surface area contributed by atoms with Gasteiger partial charge in [-0.1, -0.05) is 24.3 Å². The predicted molar refractivity (Wildman–Crippen MR) is 152 cm³/mol. The Labute approximate surface area is 258 Å². The third kappa shape index (κ3) is 10.2. The molecule has 0 bridgehead atoms. The summed E-state index contributed by atoms with van der Waals surface area (Å²) in [6.45, 7) is 5.76. The molecule has 0 N–H and O–H groups in total. The van der Waals surface area contributed by atoms with Crippen molar-refractivity contribution in [1.29, 1.82) is 0 Å². The van der Waals surface area contributed by atoms with Gasteiger partial charge in [-0.15, -0.1) is 0 Å². The van der Waals surface area contributed by atoms with Gasteiger partial charge < -0.3 is 37.9 Å². The number of benzene rings is 2. The molecule has 14 nitrogen and oxygen atoms in total. The van der Waals surface area contributed by atoms with E-state index in [1.54, 1.807) is 48.6 Å². The van der Waals surface area contributed by atoms with Crippen LogP contribution < -0.4 is 14.2 Å². The van der Waals surface area contributed by atoms with Crippen molar-refractivity contribution in [2.45, 2.75) is 65.3 Å². The molecule has 45 heavy (non-hydrogen) atoms. The fourth-order valence-electron chi connectivity index (χ4n) is 4.30. The van der Waals surface area contributed by atoms with E-state index in [4.69, 9.17) is 37.9 Å². The summed E-state index contributed by atoms with van der Waals surface area (Å²) in [7, 11) is 1.08. The topological polar surface area (TPSA) is 176 Å². The highest BCUT2D eigenvalue weighted by Crippen LogP contribution is 2.32. The summed E-state index contributed by atoms with van der Waals surface area (Å²) in [5.41, 5.74) is 1.26. The van der Waals surface area contributed by atoms with Gasteiger partial charge in [0.1, 0.15) is 17.2 Å². The zero-order chi connectivity index (χ0) is 33.3. The normalized spacial score (nSPS) is 20.8. The van der Waals surface area contributed by atoms with Gasteiger partial charge in [0.15, 0.2) is 18.3 Å². The molecule has 2 aromatic rings. The lowest BCUT2D eigenvalue weighted by Crippen LogP contribution is -2.64. The molecule has 1 aliphatic heterocycles. The lowest BCUT2D eigenvalue weighted by atomic mass is 9.97. The zero-order valence-electron chi connectivity index (χ0n) is 25.3. The lowest BCUT2D eigenvalue weighted by Gasteiger charge is -2.43. The van der Waals surface area contributed by atoms with Crippen LogP contribution in [0.1, 0.15) is 45.7 Å². The van der Waals surface area contributed by atoms with Crippen molar-refractivity contribution in [3.8, 4) is 17.2 Å². The van der Waals surface area contributed by atoms with Gasteiger partial charge in [-0.3, -0.25) is 24.0 Å². The van der Waals surface area contributed by atoms with Crippen LogP contribution in [0.15, 0.2) is 42.5 Å². The maximum atomic E-state index is 12.6. The van der Waals surface area contributed by atoms with Crippen LogP contribution in [0.5, 0.6) is 17.2 Å². The van der Waals surface area contributed by atoms with Crippen LogP contribution in [-0.4, -0.2) is 73.6 Å². The van der Waals surface area contributed by atoms with Crippen LogP contribution in [0.2, 0.25) is 0 Å². The van der Waals surface area contributed by atoms with Gasteiger partial charge >= 0.3 is 35.8 Å². The van der Waals surface area contributed by atoms with Crippen molar-refractivity contribution in [1.82, 2.24) is 0 Å². The van der Waals surface area contributed by atoms with Crippen LogP contribution in [0.4, 0.5) is 0 Å². The van der Waals surface area contributed by atoms with Crippen LogP contribution in [0, 0.1) is 0 Å². The molecular formula is C31H32O14. The van der Waals surface area contributed by atoms with Gasteiger partial charge in [0.2, 0.25) is 12.4 Å². The molecule has 1 fully saturated rings. The van der Waals surface area contributed by atoms with Crippen molar-refractivity contribution in [2.24, 2.45) is 0 Å². The van der Waals surface area contributed by atoms with Crippen LogP contribution >= 0.6 is 0 Å². The van der Waals surface area contributed by atoms with Crippen molar-refractivity contribution in [3.05, 3.63) is 53.6 Å². The van der Waals surface area contributed by atoms with E-state index in [1.165, 1.54) is 19.9 Å². The number of carbonyl (C=O) groups is 6. The summed E-state index contributed by atoms with van der Waals surface area (Å²) < 4.78 is 42.7. The second-order valence-corrected chi connectivity index (χ2v) is 9.62. The van der Waals surface area contributed by atoms with E-state index in [9.17, 15) is 28.8 Å². The van der Waals surface area contributed by atoms with Crippen LogP contribution in [0.3, 0.4) is 0 Å². The van der Waals surface area contributed by atoms with E-state index in [0.717, 1.165) is 27.9 Å². The average Bonchev–Trinajstić information content (AvgIpc) is 2.93. The Kier molecular flexibility index (Phi) is 11.8. The first-order valence-electron chi connectivity index (χ1n) is 13.5. The highest BCUT2D eigenvalue weighted by molar-refractivity contribution is 5.77. The number of ether oxygens (including phenoxy) is 8. The smallest absolute Gasteiger partial charge is 0.339 e. The monoisotopic (exact) mass is 628 g/mol. The van der Waals surface area contributed by atoms with Gasteiger partial charge in [0.25, 0.3) is 0 Å². The molecule has 0 aromatic heterocycles. The molecular weight excluding hydrogens is 596 g/mol. The minimum atomic E-state index is -1.60. The third-order valence-electron chi connectivity index (χ3n) is 5.86. The van der Waals surface area contributed by atoms with Crippen LogP contribution in [0.25, 0.3) is 12.2 Å². The minimum Gasteiger partial charge on any atom is -0.467 e. The highest BCUT2D eigenvalue weighted by Gasteiger charge is 2.55. The first-order valence-corrected chi connectivity index (χ1v) is 13.5. The molecule has 2 aromatic carbocycles. The zero-order valence-corrected chi connectivity index (χ0v) is 25.3. The van der Waals surface area contributed by atoms with E-state index in [-0.39, 0.29) is 17.2 Å². The standard InChI is InChI=1S/C31H32O14/c1-16(32)39-24-13-22(14-25(15-24)40-17(2)33)8-7-21-9-11-23(12-10-21)44-31-29(43-20(5)36)27(42-19(4)35)26(41-18(3)34)28(45-31)30(37)38-6/h7-15,26-29,31H,1-6H3/b8-7-. The maximum absolute atomic E-state index is 12.6. The Bertz CT molecular complexity index is 1430. The van der Waals surface area contributed by atoms with Crippen molar-refractivity contribution in [3.63, 3.8) is 0 Å². The molecule has 14 heteroatoms. The molecule has 0 radical (unpaired) electrons.